The van der Waals surface area contributed by atoms with E-state index in [-0.39, 0.29) is 23.4 Å². The van der Waals surface area contributed by atoms with E-state index in [2.05, 4.69) is 30.9 Å². The lowest BCUT2D eigenvalue weighted by molar-refractivity contribution is -0.159. The van der Waals surface area contributed by atoms with Gasteiger partial charge in [-0.15, -0.1) is 0 Å². The molecule has 5 rings (SSSR count). The normalized spacial score (nSPS) is 30.9. The van der Waals surface area contributed by atoms with Gasteiger partial charge in [-0.3, -0.25) is 4.79 Å². The molecule has 2 aliphatic heterocycles. The Bertz CT molecular complexity index is 1030. The molecule has 1 saturated carbocycles. The SMILES string of the molecule is CC1=C2C[C@@H]3C(CN4CCC(O)(Cc5ccccc5)CC4)C(=O)O[C@@H]3C[C@@]2(C)CCC1.O=C(O)C(=O)O. The molecular weight excluding hydrogens is 474 g/mol. The number of allylic oxidation sites excluding steroid dienone is 2. The summed E-state index contributed by atoms with van der Waals surface area (Å²) in [6, 6.07) is 10.3. The fraction of sp³-hybridized carbons (Fsp3) is 0.621. The van der Waals surface area contributed by atoms with Gasteiger partial charge >= 0.3 is 17.9 Å². The van der Waals surface area contributed by atoms with Crippen molar-refractivity contribution in [3.63, 3.8) is 0 Å². The lowest BCUT2D eigenvalue weighted by Gasteiger charge is -2.46. The van der Waals surface area contributed by atoms with Gasteiger partial charge < -0.3 is 25.0 Å². The number of nitrogens with zero attached hydrogens (tertiary/aromatic N) is 1. The summed E-state index contributed by atoms with van der Waals surface area (Å²) in [5, 5.41) is 25.9. The molecule has 2 saturated heterocycles. The van der Waals surface area contributed by atoms with Crippen molar-refractivity contribution in [1.29, 1.82) is 0 Å². The van der Waals surface area contributed by atoms with Gasteiger partial charge in [0.15, 0.2) is 0 Å². The number of benzene rings is 1. The van der Waals surface area contributed by atoms with Crippen molar-refractivity contribution >= 4 is 17.9 Å². The smallest absolute Gasteiger partial charge is 0.414 e. The van der Waals surface area contributed by atoms with Gasteiger partial charge in [0, 0.05) is 32.0 Å². The van der Waals surface area contributed by atoms with E-state index >= 15 is 0 Å². The molecule has 0 bridgehead atoms. The second-order valence-electron chi connectivity index (χ2n) is 11.6. The summed E-state index contributed by atoms with van der Waals surface area (Å²) in [4.78, 5) is 33.5. The Kier molecular flexibility index (Phi) is 8.09. The highest BCUT2D eigenvalue weighted by molar-refractivity contribution is 6.27. The third-order valence-corrected chi connectivity index (χ3v) is 8.98. The van der Waals surface area contributed by atoms with Crippen molar-refractivity contribution in [3.05, 3.63) is 47.0 Å². The van der Waals surface area contributed by atoms with E-state index in [0.717, 1.165) is 45.3 Å². The number of carbonyl (C=O) groups excluding carboxylic acids is 1. The van der Waals surface area contributed by atoms with Crippen LogP contribution in [0.1, 0.15) is 64.4 Å². The third kappa shape index (κ3) is 6.24. The van der Waals surface area contributed by atoms with E-state index < -0.39 is 17.5 Å². The first-order valence-electron chi connectivity index (χ1n) is 13.3. The molecule has 37 heavy (non-hydrogen) atoms. The minimum Gasteiger partial charge on any atom is -0.473 e. The molecule has 4 aliphatic rings. The van der Waals surface area contributed by atoms with Crippen molar-refractivity contribution in [2.45, 2.75) is 76.9 Å². The zero-order chi connectivity index (χ0) is 26.8. The van der Waals surface area contributed by atoms with Gasteiger partial charge in [0.05, 0.1) is 11.5 Å². The number of aliphatic hydroxyl groups is 1. The molecule has 0 radical (unpaired) electrons. The lowest BCUT2D eigenvalue weighted by Crippen LogP contribution is -2.48. The first kappa shape index (κ1) is 27.3. The summed E-state index contributed by atoms with van der Waals surface area (Å²) in [5.74, 6) is -3.32. The van der Waals surface area contributed by atoms with E-state index in [0.29, 0.717) is 12.3 Å². The number of carbonyl (C=O) groups is 3. The van der Waals surface area contributed by atoms with Crippen molar-refractivity contribution in [1.82, 2.24) is 4.90 Å². The third-order valence-electron chi connectivity index (χ3n) is 8.98. The maximum atomic E-state index is 12.9. The van der Waals surface area contributed by atoms with Crippen molar-refractivity contribution in [3.8, 4) is 0 Å². The van der Waals surface area contributed by atoms with Gasteiger partial charge in [-0.1, -0.05) is 48.4 Å². The maximum absolute atomic E-state index is 12.9. The summed E-state index contributed by atoms with van der Waals surface area (Å²) >= 11 is 0. The zero-order valence-corrected chi connectivity index (χ0v) is 21.8. The van der Waals surface area contributed by atoms with Gasteiger partial charge in [-0.25, -0.2) is 9.59 Å². The van der Waals surface area contributed by atoms with Crippen LogP contribution in [0.3, 0.4) is 0 Å². The van der Waals surface area contributed by atoms with E-state index in [1.807, 2.05) is 18.2 Å². The number of carboxylic acid groups (broad SMARTS) is 2. The molecule has 1 aromatic carbocycles. The summed E-state index contributed by atoms with van der Waals surface area (Å²) in [6.07, 6.45) is 8.09. The van der Waals surface area contributed by atoms with Crippen LogP contribution in [0.15, 0.2) is 41.5 Å². The predicted molar refractivity (Wildman–Crippen MR) is 137 cm³/mol. The molecule has 8 nitrogen and oxygen atoms in total. The Balaban J connectivity index is 0.000000480. The van der Waals surface area contributed by atoms with E-state index in [1.54, 1.807) is 11.1 Å². The molecule has 0 aromatic heterocycles. The van der Waals surface area contributed by atoms with Crippen LogP contribution >= 0.6 is 0 Å². The zero-order valence-electron chi connectivity index (χ0n) is 21.8. The summed E-state index contributed by atoms with van der Waals surface area (Å²) in [7, 11) is 0. The predicted octanol–water partition coefficient (Wildman–Crippen LogP) is 3.67. The first-order valence-corrected chi connectivity index (χ1v) is 13.3. The molecule has 202 valence electrons. The fourth-order valence-electron chi connectivity index (χ4n) is 6.90. The monoisotopic (exact) mass is 513 g/mol. The lowest BCUT2D eigenvalue weighted by atomic mass is 9.59. The van der Waals surface area contributed by atoms with Crippen LogP contribution in [-0.2, 0) is 25.5 Å². The minimum atomic E-state index is -1.82. The Hall–Kier alpha value is -2.71. The minimum absolute atomic E-state index is 0.0145. The van der Waals surface area contributed by atoms with E-state index in [1.165, 1.54) is 24.8 Å². The fourth-order valence-corrected chi connectivity index (χ4v) is 6.90. The number of hydrogen-bond acceptors (Lipinski definition) is 6. The molecular formula is C29H39NO7. The second kappa shape index (κ2) is 11.0. The van der Waals surface area contributed by atoms with Gasteiger partial charge in [0.25, 0.3) is 0 Å². The Morgan fingerprint density at radius 3 is 2.35 bits per heavy atom. The van der Waals surface area contributed by atoms with Gasteiger partial charge in [0.2, 0.25) is 0 Å². The molecule has 8 heteroatoms. The summed E-state index contributed by atoms with van der Waals surface area (Å²) in [5.41, 5.74) is 3.99. The number of fused-ring (bicyclic) bond motifs is 2. The highest BCUT2D eigenvalue weighted by Gasteiger charge is 2.53. The number of aliphatic carboxylic acids is 2. The highest BCUT2D eigenvalue weighted by Crippen LogP contribution is 2.55. The number of hydrogen-bond donors (Lipinski definition) is 3. The van der Waals surface area contributed by atoms with Crippen molar-refractivity contribution in [2.24, 2.45) is 17.3 Å². The average molecular weight is 514 g/mol. The average Bonchev–Trinajstić information content (AvgIpc) is 3.13. The topological polar surface area (TPSA) is 124 Å². The number of carboxylic acids is 2. The first-order chi connectivity index (χ1) is 17.5. The second-order valence-corrected chi connectivity index (χ2v) is 11.6. The van der Waals surface area contributed by atoms with Crippen LogP contribution in [0.4, 0.5) is 0 Å². The van der Waals surface area contributed by atoms with Gasteiger partial charge in [-0.05, 0) is 62.8 Å². The van der Waals surface area contributed by atoms with Crippen molar-refractivity contribution in [2.75, 3.05) is 19.6 Å². The maximum Gasteiger partial charge on any atom is 0.414 e. The van der Waals surface area contributed by atoms with Crippen LogP contribution in [-0.4, -0.2) is 69.5 Å². The standard InChI is InChI=1S/C27H37NO3.C2H2O4/c1-19-7-6-10-26(2)17-24-21(15-23(19)26)22(25(29)31-24)18-28-13-11-27(30,12-14-28)16-20-8-4-3-5-9-20;3-1(4)2(5)6/h3-5,8-9,21-22,24,30H,6-7,10-18H2,1-2H3;(H,3,4)(H,5,6)/t21-,22?,24-,26-;/m1./s1. The Labute approximate surface area is 218 Å². The van der Waals surface area contributed by atoms with Crippen molar-refractivity contribution < 1.29 is 34.4 Å². The Morgan fingerprint density at radius 1 is 1.08 bits per heavy atom. The highest BCUT2D eigenvalue weighted by atomic mass is 16.6. The van der Waals surface area contributed by atoms with Crippen LogP contribution < -0.4 is 0 Å². The number of ether oxygens (including phenoxy) is 1. The molecule has 4 atom stereocenters. The molecule has 0 spiro atoms. The van der Waals surface area contributed by atoms with Gasteiger partial charge in [0.1, 0.15) is 6.10 Å². The number of esters is 1. The van der Waals surface area contributed by atoms with Gasteiger partial charge in [-0.2, -0.15) is 0 Å². The molecule has 1 aromatic rings. The molecule has 1 unspecified atom stereocenters. The number of piperidine rings is 1. The van der Waals surface area contributed by atoms with Crippen LogP contribution in [0.5, 0.6) is 0 Å². The van der Waals surface area contributed by atoms with E-state index in [9.17, 15) is 9.90 Å². The van der Waals surface area contributed by atoms with Crippen LogP contribution in [0, 0.1) is 17.3 Å². The molecule has 3 fully saturated rings. The molecule has 3 N–H and O–H groups in total. The molecule has 2 heterocycles. The quantitative estimate of drug-likeness (QED) is 0.317. The number of rotatable bonds is 4. The Morgan fingerprint density at radius 2 is 1.73 bits per heavy atom. The molecule has 0 amide bonds. The van der Waals surface area contributed by atoms with Crippen LogP contribution in [0.2, 0.25) is 0 Å². The van der Waals surface area contributed by atoms with E-state index in [4.69, 9.17) is 24.5 Å². The molecule has 2 aliphatic carbocycles. The summed E-state index contributed by atoms with van der Waals surface area (Å²) in [6.45, 7) is 7.18. The number of likely N-dealkylation sites (tertiary alicyclic amines) is 1. The van der Waals surface area contributed by atoms with Crippen LogP contribution in [0.25, 0.3) is 0 Å². The summed E-state index contributed by atoms with van der Waals surface area (Å²) < 4.78 is 5.95. The largest absolute Gasteiger partial charge is 0.473 e.